The van der Waals surface area contributed by atoms with Gasteiger partial charge in [-0.25, -0.2) is 4.98 Å². The van der Waals surface area contributed by atoms with Crippen molar-refractivity contribution in [3.8, 4) is 0 Å². The molecule has 1 aromatic heterocycles. The summed E-state index contributed by atoms with van der Waals surface area (Å²) in [6.45, 7) is 9.23. The fourth-order valence-electron chi connectivity index (χ4n) is 2.19. The number of aliphatic hydroxyl groups is 1. The second kappa shape index (κ2) is 6.10. The summed E-state index contributed by atoms with van der Waals surface area (Å²) in [6, 6.07) is 0. The number of hydrogen-bond donors (Lipinski definition) is 1. The lowest BCUT2D eigenvalue weighted by atomic mass is 10.2. The van der Waals surface area contributed by atoms with Crippen molar-refractivity contribution < 1.29 is 9.84 Å². The Morgan fingerprint density at radius 2 is 2.33 bits per heavy atom. The molecular weight excluding hydrogens is 248 g/mol. The average molecular weight is 270 g/mol. The summed E-state index contributed by atoms with van der Waals surface area (Å²) in [4.78, 5) is 6.84. The highest BCUT2D eigenvalue weighted by Gasteiger charge is 2.31. The molecule has 4 nitrogen and oxygen atoms in total. The summed E-state index contributed by atoms with van der Waals surface area (Å²) in [5.74, 6) is 0.482. The molecule has 0 radical (unpaired) electrons. The Bertz CT molecular complexity index is 381. The fraction of sp³-hybridized carbons (Fsp3) is 0.769. The van der Waals surface area contributed by atoms with E-state index in [-0.39, 0.29) is 12.2 Å². The summed E-state index contributed by atoms with van der Waals surface area (Å²) in [5.41, 5.74) is 1.16. The van der Waals surface area contributed by atoms with Crippen LogP contribution in [0.25, 0.3) is 0 Å². The van der Waals surface area contributed by atoms with Crippen molar-refractivity contribution in [1.82, 2.24) is 9.88 Å². The Kier molecular flexibility index (Phi) is 4.72. The topological polar surface area (TPSA) is 45.6 Å². The zero-order chi connectivity index (χ0) is 13.1. The minimum atomic E-state index is -0.366. The van der Waals surface area contributed by atoms with E-state index in [2.05, 4.69) is 29.1 Å². The lowest BCUT2D eigenvalue weighted by Crippen LogP contribution is -2.26. The van der Waals surface area contributed by atoms with Crippen LogP contribution in [0.3, 0.4) is 0 Å². The SMILES string of the molecule is CCOC1CN(Cc2nc(C(C)C)cs2)CC1O. The predicted octanol–water partition coefficient (Wildman–Crippen LogP) is 1.85. The maximum atomic E-state index is 9.88. The molecule has 0 amide bonds. The molecule has 0 aliphatic carbocycles. The summed E-state index contributed by atoms with van der Waals surface area (Å²) < 4.78 is 5.52. The second-order valence-electron chi connectivity index (χ2n) is 5.08. The van der Waals surface area contributed by atoms with Crippen molar-refractivity contribution in [3.05, 3.63) is 16.1 Å². The number of aromatic nitrogens is 1. The largest absolute Gasteiger partial charge is 0.389 e. The van der Waals surface area contributed by atoms with Crippen molar-refractivity contribution >= 4 is 11.3 Å². The van der Waals surface area contributed by atoms with Crippen molar-refractivity contribution in [2.24, 2.45) is 0 Å². The molecule has 0 bridgehead atoms. The molecule has 2 heterocycles. The second-order valence-corrected chi connectivity index (χ2v) is 6.02. The van der Waals surface area contributed by atoms with Crippen molar-refractivity contribution in [2.75, 3.05) is 19.7 Å². The van der Waals surface area contributed by atoms with E-state index in [4.69, 9.17) is 4.74 Å². The van der Waals surface area contributed by atoms with Gasteiger partial charge in [-0.15, -0.1) is 11.3 Å². The van der Waals surface area contributed by atoms with Crippen LogP contribution < -0.4 is 0 Å². The normalized spacial score (nSPS) is 25.2. The van der Waals surface area contributed by atoms with Crippen LogP contribution in [0, 0.1) is 0 Å². The van der Waals surface area contributed by atoms with Crippen molar-refractivity contribution in [3.63, 3.8) is 0 Å². The maximum Gasteiger partial charge on any atom is 0.107 e. The number of aliphatic hydroxyl groups excluding tert-OH is 1. The fourth-order valence-corrected chi connectivity index (χ4v) is 3.19. The first-order chi connectivity index (χ1) is 8.60. The highest BCUT2D eigenvalue weighted by atomic mass is 32.1. The minimum absolute atomic E-state index is 0.0421. The number of hydrogen-bond acceptors (Lipinski definition) is 5. The van der Waals surface area contributed by atoms with Crippen LogP contribution in [0.1, 0.15) is 37.4 Å². The van der Waals surface area contributed by atoms with Crippen molar-refractivity contribution in [1.29, 1.82) is 0 Å². The summed E-state index contributed by atoms with van der Waals surface area (Å²) >= 11 is 1.71. The number of β-amino-alcohol motifs (C(OH)–C–C–N with tert-alkyl or cyclic N) is 1. The molecule has 1 aromatic rings. The van der Waals surface area contributed by atoms with E-state index in [1.165, 1.54) is 0 Å². The molecular formula is C13H22N2O2S. The quantitative estimate of drug-likeness (QED) is 0.887. The van der Waals surface area contributed by atoms with Gasteiger partial charge in [0, 0.05) is 25.1 Å². The molecule has 1 saturated heterocycles. The monoisotopic (exact) mass is 270 g/mol. The molecule has 1 aliphatic rings. The molecule has 2 atom stereocenters. The molecule has 5 heteroatoms. The van der Waals surface area contributed by atoms with Gasteiger partial charge in [0.2, 0.25) is 0 Å². The third-order valence-electron chi connectivity index (χ3n) is 3.21. The predicted molar refractivity (Wildman–Crippen MR) is 72.9 cm³/mol. The third kappa shape index (κ3) is 3.29. The molecule has 2 unspecified atom stereocenters. The highest BCUT2D eigenvalue weighted by Crippen LogP contribution is 2.21. The molecule has 18 heavy (non-hydrogen) atoms. The van der Waals surface area contributed by atoms with Crippen LogP contribution in [0.4, 0.5) is 0 Å². The molecule has 1 aliphatic heterocycles. The Morgan fingerprint density at radius 3 is 2.94 bits per heavy atom. The van der Waals surface area contributed by atoms with Gasteiger partial charge in [0.05, 0.1) is 24.4 Å². The first-order valence-electron chi connectivity index (χ1n) is 6.56. The van der Waals surface area contributed by atoms with Crippen LogP contribution in [0.5, 0.6) is 0 Å². The zero-order valence-electron chi connectivity index (χ0n) is 11.3. The molecule has 0 spiro atoms. The Balaban J connectivity index is 1.90. The van der Waals surface area contributed by atoms with Gasteiger partial charge in [-0.05, 0) is 12.8 Å². The van der Waals surface area contributed by atoms with Gasteiger partial charge in [0.25, 0.3) is 0 Å². The number of rotatable bonds is 5. The van der Waals surface area contributed by atoms with Gasteiger partial charge >= 0.3 is 0 Å². The number of nitrogens with zero attached hydrogens (tertiary/aromatic N) is 2. The lowest BCUT2D eigenvalue weighted by Gasteiger charge is -2.13. The van der Waals surface area contributed by atoms with Crippen LogP contribution in [-0.2, 0) is 11.3 Å². The molecule has 0 saturated carbocycles. The summed E-state index contributed by atoms with van der Waals surface area (Å²) in [6.07, 6.45) is -0.408. The van der Waals surface area contributed by atoms with Crippen LogP contribution in [0.15, 0.2) is 5.38 Å². The number of likely N-dealkylation sites (tertiary alicyclic amines) is 1. The van der Waals surface area contributed by atoms with E-state index < -0.39 is 0 Å². The van der Waals surface area contributed by atoms with Gasteiger partial charge in [0.15, 0.2) is 0 Å². The van der Waals surface area contributed by atoms with Gasteiger partial charge in [0.1, 0.15) is 5.01 Å². The van der Waals surface area contributed by atoms with E-state index >= 15 is 0 Å². The van der Waals surface area contributed by atoms with Gasteiger partial charge < -0.3 is 9.84 Å². The standard InChI is InChI=1S/C13H22N2O2S/c1-4-17-12-6-15(5-11(12)16)7-13-14-10(8-18-13)9(2)3/h8-9,11-12,16H,4-7H2,1-3H3. The lowest BCUT2D eigenvalue weighted by molar-refractivity contribution is -0.00245. The summed E-state index contributed by atoms with van der Waals surface area (Å²) in [5, 5.41) is 13.1. The van der Waals surface area contributed by atoms with Crippen molar-refractivity contribution in [2.45, 2.75) is 45.4 Å². The van der Waals surface area contributed by atoms with E-state index in [9.17, 15) is 5.11 Å². The first kappa shape index (κ1) is 13.9. The number of thiazole rings is 1. The molecule has 102 valence electrons. The first-order valence-corrected chi connectivity index (χ1v) is 7.44. The Labute approximate surface area is 113 Å². The summed E-state index contributed by atoms with van der Waals surface area (Å²) in [7, 11) is 0. The average Bonchev–Trinajstić information content (AvgIpc) is 2.88. The molecule has 2 rings (SSSR count). The minimum Gasteiger partial charge on any atom is -0.389 e. The molecule has 1 N–H and O–H groups in total. The van der Waals surface area contributed by atoms with E-state index in [0.717, 1.165) is 23.8 Å². The smallest absolute Gasteiger partial charge is 0.107 e. The van der Waals surface area contributed by atoms with E-state index in [1.54, 1.807) is 11.3 Å². The van der Waals surface area contributed by atoms with Gasteiger partial charge in [-0.1, -0.05) is 13.8 Å². The third-order valence-corrected chi connectivity index (χ3v) is 4.07. The molecule has 1 fully saturated rings. The van der Waals surface area contributed by atoms with Gasteiger partial charge in [-0.2, -0.15) is 0 Å². The zero-order valence-corrected chi connectivity index (χ0v) is 12.1. The van der Waals surface area contributed by atoms with E-state index in [0.29, 0.717) is 19.1 Å². The van der Waals surface area contributed by atoms with Crippen LogP contribution >= 0.6 is 11.3 Å². The maximum absolute atomic E-state index is 9.88. The van der Waals surface area contributed by atoms with E-state index in [1.807, 2.05) is 6.92 Å². The number of ether oxygens (including phenoxy) is 1. The van der Waals surface area contributed by atoms with Gasteiger partial charge in [-0.3, -0.25) is 4.90 Å². The Morgan fingerprint density at radius 1 is 1.56 bits per heavy atom. The van der Waals surface area contributed by atoms with Crippen LogP contribution in [0.2, 0.25) is 0 Å². The highest BCUT2D eigenvalue weighted by molar-refractivity contribution is 7.09. The Hall–Kier alpha value is -0.490. The van der Waals surface area contributed by atoms with Crippen LogP contribution in [-0.4, -0.2) is 46.9 Å². The molecule has 0 aromatic carbocycles.